The first-order valence-corrected chi connectivity index (χ1v) is 6.20. The first-order chi connectivity index (χ1) is 8.56. The van der Waals surface area contributed by atoms with Gasteiger partial charge in [-0.05, 0) is 52.7 Å². The van der Waals surface area contributed by atoms with E-state index in [9.17, 15) is 4.39 Å². The second-order valence-corrected chi connectivity index (χ2v) is 4.75. The van der Waals surface area contributed by atoms with Gasteiger partial charge in [-0.2, -0.15) is 0 Å². The van der Waals surface area contributed by atoms with Crippen molar-refractivity contribution in [2.24, 2.45) is 5.73 Å². The summed E-state index contributed by atoms with van der Waals surface area (Å²) >= 11 is 3.23. The van der Waals surface area contributed by atoms with E-state index in [1.807, 2.05) is 13.0 Å². The minimum absolute atomic E-state index is 0.0907. The predicted molar refractivity (Wildman–Crippen MR) is 71.0 cm³/mol. The van der Waals surface area contributed by atoms with E-state index in [-0.39, 0.29) is 11.9 Å². The van der Waals surface area contributed by atoms with E-state index < -0.39 is 0 Å². The summed E-state index contributed by atoms with van der Waals surface area (Å²) in [7, 11) is 0. The van der Waals surface area contributed by atoms with Gasteiger partial charge in [-0.15, -0.1) is 0 Å². The van der Waals surface area contributed by atoms with Crippen molar-refractivity contribution < 1.29 is 9.13 Å². The number of nitrogens with two attached hydrogens (primary N) is 1. The van der Waals surface area contributed by atoms with Crippen molar-refractivity contribution in [3.05, 3.63) is 52.4 Å². The molecule has 0 saturated heterocycles. The topological polar surface area (TPSA) is 48.1 Å². The van der Waals surface area contributed by atoms with Crippen LogP contribution in [0.1, 0.15) is 18.5 Å². The van der Waals surface area contributed by atoms with Crippen LogP contribution in [0.25, 0.3) is 0 Å². The Morgan fingerprint density at radius 1 is 1.33 bits per heavy atom. The molecule has 94 valence electrons. The fourth-order valence-corrected chi connectivity index (χ4v) is 1.87. The highest BCUT2D eigenvalue weighted by molar-refractivity contribution is 9.10. The minimum Gasteiger partial charge on any atom is -0.438 e. The number of hydrogen-bond acceptors (Lipinski definition) is 3. The molecule has 0 radical (unpaired) electrons. The highest BCUT2D eigenvalue weighted by Gasteiger charge is 2.07. The lowest BCUT2D eigenvalue weighted by Crippen LogP contribution is -2.05. The van der Waals surface area contributed by atoms with Crippen LogP contribution in [0, 0.1) is 5.82 Å². The summed E-state index contributed by atoms with van der Waals surface area (Å²) in [6, 6.07) is 7.71. The van der Waals surface area contributed by atoms with Gasteiger partial charge >= 0.3 is 0 Å². The van der Waals surface area contributed by atoms with Crippen molar-refractivity contribution in [3.63, 3.8) is 0 Å². The van der Waals surface area contributed by atoms with Gasteiger partial charge in [0.05, 0.1) is 4.47 Å². The third-order valence-corrected chi connectivity index (χ3v) is 3.01. The average Bonchev–Trinajstić information content (AvgIpc) is 2.33. The van der Waals surface area contributed by atoms with Crippen LogP contribution in [0.4, 0.5) is 4.39 Å². The third kappa shape index (κ3) is 3.05. The van der Waals surface area contributed by atoms with Gasteiger partial charge in [0, 0.05) is 18.3 Å². The van der Waals surface area contributed by atoms with E-state index in [1.165, 1.54) is 12.1 Å². The van der Waals surface area contributed by atoms with E-state index in [0.717, 1.165) is 5.56 Å². The first kappa shape index (κ1) is 13.0. The lowest BCUT2D eigenvalue weighted by Gasteiger charge is -2.09. The van der Waals surface area contributed by atoms with Crippen molar-refractivity contribution >= 4 is 15.9 Å². The molecule has 0 aliphatic rings. The van der Waals surface area contributed by atoms with Crippen LogP contribution in [-0.4, -0.2) is 4.98 Å². The molecule has 0 amide bonds. The Hall–Kier alpha value is -1.46. The highest BCUT2D eigenvalue weighted by Crippen LogP contribution is 2.29. The monoisotopic (exact) mass is 310 g/mol. The Bertz CT molecular complexity index is 560. The summed E-state index contributed by atoms with van der Waals surface area (Å²) in [5, 5.41) is 0. The van der Waals surface area contributed by atoms with Crippen LogP contribution in [0.15, 0.2) is 41.0 Å². The van der Waals surface area contributed by atoms with Crippen LogP contribution in [-0.2, 0) is 0 Å². The number of nitrogens with zero attached hydrogens (tertiary/aromatic N) is 1. The van der Waals surface area contributed by atoms with Crippen molar-refractivity contribution in [2.75, 3.05) is 0 Å². The van der Waals surface area contributed by atoms with E-state index in [1.54, 1.807) is 18.3 Å². The van der Waals surface area contributed by atoms with Crippen LogP contribution in [0.5, 0.6) is 11.6 Å². The molecule has 1 aromatic carbocycles. The second-order valence-electron chi connectivity index (χ2n) is 3.89. The maximum Gasteiger partial charge on any atom is 0.219 e. The molecule has 1 aromatic heterocycles. The van der Waals surface area contributed by atoms with Gasteiger partial charge < -0.3 is 10.5 Å². The maximum atomic E-state index is 12.9. The number of hydrogen-bond donors (Lipinski definition) is 1. The van der Waals surface area contributed by atoms with Gasteiger partial charge in [0.2, 0.25) is 5.88 Å². The molecule has 0 saturated carbocycles. The molecule has 0 fully saturated rings. The Balaban J connectivity index is 2.25. The molecule has 18 heavy (non-hydrogen) atoms. The molecular weight excluding hydrogens is 299 g/mol. The van der Waals surface area contributed by atoms with Gasteiger partial charge in [-0.1, -0.05) is 0 Å². The number of aromatic nitrogens is 1. The van der Waals surface area contributed by atoms with E-state index in [2.05, 4.69) is 20.9 Å². The van der Waals surface area contributed by atoms with Gasteiger partial charge in [-0.25, -0.2) is 9.37 Å². The van der Waals surface area contributed by atoms with Gasteiger partial charge in [0.25, 0.3) is 0 Å². The largest absolute Gasteiger partial charge is 0.438 e. The van der Waals surface area contributed by atoms with Crippen molar-refractivity contribution in [1.82, 2.24) is 4.98 Å². The standard InChI is InChI=1S/C13H12BrFN2O/c1-8(16)9-4-5-17-13(6-9)18-12-3-2-10(15)7-11(12)14/h2-8H,16H2,1H3. The van der Waals surface area contributed by atoms with Crippen LogP contribution >= 0.6 is 15.9 Å². The normalized spacial score (nSPS) is 12.2. The summed E-state index contributed by atoms with van der Waals surface area (Å²) in [5.41, 5.74) is 6.71. The summed E-state index contributed by atoms with van der Waals surface area (Å²) < 4.78 is 19.1. The van der Waals surface area contributed by atoms with Crippen molar-refractivity contribution in [2.45, 2.75) is 13.0 Å². The number of rotatable bonds is 3. The summed E-state index contributed by atoms with van der Waals surface area (Å²) in [6.07, 6.45) is 1.63. The summed E-state index contributed by atoms with van der Waals surface area (Å²) in [6.45, 7) is 1.88. The Labute approximate surface area is 113 Å². The maximum absolute atomic E-state index is 12.9. The van der Waals surface area contributed by atoms with E-state index in [0.29, 0.717) is 16.1 Å². The zero-order chi connectivity index (χ0) is 13.1. The predicted octanol–water partition coefficient (Wildman–Crippen LogP) is 3.80. The number of pyridine rings is 1. The smallest absolute Gasteiger partial charge is 0.219 e. The molecule has 0 bridgehead atoms. The molecule has 2 rings (SSSR count). The molecular formula is C13H12BrFN2O. The van der Waals surface area contributed by atoms with Gasteiger partial charge in [-0.3, -0.25) is 0 Å². The number of benzene rings is 1. The fourth-order valence-electron chi connectivity index (χ4n) is 1.43. The van der Waals surface area contributed by atoms with Crippen molar-refractivity contribution in [1.29, 1.82) is 0 Å². The molecule has 2 N–H and O–H groups in total. The molecule has 5 heteroatoms. The number of halogens is 2. The van der Waals surface area contributed by atoms with Gasteiger partial charge in [0.1, 0.15) is 11.6 Å². The van der Waals surface area contributed by atoms with Crippen LogP contribution in [0.2, 0.25) is 0 Å². The summed E-state index contributed by atoms with van der Waals surface area (Å²) in [5.74, 6) is 0.606. The van der Waals surface area contributed by atoms with Crippen LogP contribution < -0.4 is 10.5 Å². The molecule has 1 heterocycles. The summed E-state index contributed by atoms with van der Waals surface area (Å²) in [4.78, 5) is 4.09. The first-order valence-electron chi connectivity index (χ1n) is 5.40. The highest BCUT2D eigenvalue weighted by atomic mass is 79.9. The second kappa shape index (κ2) is 5.46. The lowest BCUT2D eigenvalue weighted by molar-refractivity contribution is 0.457. The zero-order valence-corrected chi connectivity index (χ0v) is 11.3. The molecule has 1 atom stereocenters. The van der Waals surface area contributed by atoms with Gasteiger partial charge in [0.15, 0.2) is 0 Å². The Kier molecular flexibility index (Phi) is 3.93. The molecule has 3 nitrogen and oxygen atoms in total. The number of ether oxygens (including phenoxy) is 1. The quantitative estimate of drug-likeness (QED) is 0.938. The molecule has 0 spiro atoms. The van der Waals surface area contributed by atoms with Crippen LogP contribution in [0.3, 0.4) is 0 Å². The van der Waals surface area contributed by atoms with E-state index >= 15 is 0 Å². The Morgan fingerprint density at radius 3 is 2.78 bits per heavy atom. The van der Waals surface area contributed by atoms with E-state index in [4.69, 9.17) is 10.5 Å². The minimum atomic E-state index is -0.327. The average molecular weight is 311 g/mol. The SMILES string of the molecule is CC(N)c1ccnc(Oc2ccc(F)cc2Br)c1. The zero-order valence-electron chi connectivity index (χ0n) is 9.73. The molecule has 0 aliphatic heterocycles. The Morgan fingerprint density at radius 2 is 2.11 bits per heavy atom. The molecule has 2 aromatic rings. The third-order valence-electron chi connectivity index (χ3n) is 2.39. The van der Waals surface area contributed by atoms with Crippen molar-refractivity contribution in [3.8, 4) is 11.6 Å². The molecule has 0 aliphatic carbocycles. The molecule has 1 unspecified atom stereocenters. The lowest BCUT2D eigenvalue weighted by atomic mass is 10.1. The fraction of sp³-hybridized carbons (Fsp3) is 0.154.